The van der Waals surface area contributed by atoms with Gasteiger partial charge in [-0.3, -0.25) is 4.79 Å². The molecule has 5 atom stereocenters. The zero-order valence-electron chi connectivity index (χ0n) is 15.0. The molecule has 2 fully saturated rings. The molecule has 0 aliphatic heterocycles. The van der Waals surface area contributed by atoms with E-state index in [1.54, 1.807) is 11.3 Å². The fraction of sp³-hybridized carbons (Fsp3) is 0.500. The van der Waals surface area contributed by atoms with Crippen LogP contribution in [0.25, 0.3) is 11.3 Å². The lowest BCUT2D eigenvalue weighted by Gasteiger charge is -2.28. The van der Waals surface area contributed by atoms with Gasteiger partial charge in [-0.05, 0) is 57.1 Å². The summed E-state index contributed by atoms with van der Waals surface area (Å²) in [5.41, 5.74) is 8.31. The maximum Gasteiger partial charge on any atom is 0.225 e. The highest BCUT2D eigenvalue weighted by Crippen LogP contribution is 2.47. The van der Waals surface area contributed by atoms with Crippen LogP contribution in [0.3, 0.4) is 0 Å². The van der Waals surface area contributed by atoms with Gasteiger partial charge in [0, 0.05) is 21.5 Å². The summed E-state index contributed by atoms with van der Waals surface area (Å²) < 4.78 is 0. The molecule has 2 saturated carbocycles. The van der Waals surface area contributed by atoms with Crippen molar-refractivity contribution in [1.29, 1.82) is 0 Å². The zero-order valence-corrected chi connectivity index (χ0v) is 16.6. The van der Waals surface area contributed by atoms with Gasteiger partial charge in [0.15, 0.2) is 0 Å². The van der Waals surface area contributed by atoms with Crippen molar-refractivity contribution in [3.05, 3.63) is 39.2 Å². The van der Waals surface area contributed by atoms with Crippen molar-refractivity contribution in [1.82, 2.24) is 10.3 Å². The van der Waals surface area contributed by atoms with Gasteiger partial charge in [-0.25, -0.2) is 4.98 Å². The third kappa shape index (κ3) is 3.17. The number of nitrogens with zero attached hydrogens (tertiary/aromatic N) is 1. The fourth-order valence-electron chi connectivity index (χ4n) is 4.57. The van der Waals surface area contributed by atoms with Crippen LogP contribution in [-0.4, -0.2) is 16.9 Å². The molecule has 2 aliphatic carbocycles. The molecular weight excluding hydrogens is 366 g/mol. The Morgan fingerprint density at radius 1 is 1.31 bits per heavy atom. The molecule has 5 unspecified atom stereocenters. The normalized spacial score (nSPS) is 28.3. The Balaban J connectivity index is 1.48. The second-order valence-electron chi connectivity index (χ2n) is 7.63. The summed E-state index contributed by atoms with van der Waals surface area (Å²) in [4.78, 5) is 18.7. The highest BCUT2D eigenvalue weighted by atomic mass is 35.5. The van der Waals surface area contributed by atoms with Gasteiger partial charge in [-0.15, -0.1) is 11.3 Å². The van der Waals surface area contributed by atoms with E-state index in [0.29, 0.717) is 16.9 Å². The number of hydrogen-bond donors (Lipinski definition) is 2. The number of halogens is 1. The van der Waals surface area contributed by atoms with Gasteiger partial charge >= 0.3 is 0 Å². The van der Waals surface area contributed by atoms with Gasteiger partial charge in [0.25, 0.3) is 0 Å². The summed E-state index contributed by atoms with van der Waals surface area (Å²) in [6.45, 7) is 4.06. The lowest BCUT2D eigenvalue weighted by Crippen LogP contribution is -2.45. The SMILES string of the molecule is Cc1sc(C(C)NC(=O)C2C3CCC(C3)C2N)nc1-c1ccc(Cl)cc1. The van der Waals surface area contributed by atoms with Gasteiger partial charge < -0.3 is 11.1 Å². The van der Waals surface area contributed by atoms with Crippen LogP contribution in [0.1, 0.15) is 42.1 Å². The molecule has 6 heteroatoms. The third-order valence-corrected chi connectivity index (χ3v) is 7.35. The largest absolute Gasteiger partial charge is 0.347 e. The number of carbonyl (C=O) groups is 1. The number of aromatic nitrogens is 1. The molecule has 4 nitrogen and oxygen atoms in total. The minimum atomic E-state index is -0.112. The first-order valence-corrected chi connectivity index (χ1v) is 10.4. The van der Waals surface area contributed by atoms with Crippen LogP contribution in [0.4, 0.5) is 0 Å². The Morgan fingerprint density at radius 2 is 2.00 bits per heavy atom. The summed E-state index contributed by atoms with van der Waals surface area (Å²) >= 11 is 7.61. The quantitative estimate of drug-likeness (QED) is 0.818. The Bertz CT molecular complexity index is 817. The van der Waals surface area contributed by atoms with Crippen molar-refractivity contribution in [3.8, 4) is 11.3 Å². The molecule has 2 aliphatic rings. The minimum absolute atomic E-state index is 0.0172. The first kappa shape index (κ1) is 18.0. The summed E-state index contributed by atoms with van der Waals surface area (Å²) in [5, 5.41) is 4.80. The second-order valence-corrected chi connectivity index (χ2v) is 9.30. The van der Waals surface area contributed by atoms with Crippen molar-refractivity contribution in [2.75, 3.05) is 0 Å². The molecular formula is C20H24ClN3OS. The van der Waals surface area contributed by atoms with Gasteiger partial charge in [0.2, 0.25) is 5.91 Å². The van der Waals surface area contributed by atoms with E-state index in [1.165, 1.54) is 6.42 Å². The maximum atomic E-state index is 12.8. The molecule has 1 aromatic carbocycles. The van der Waals surface area contributed by atoms with Crippen LogP contribution >= 0.6 is 22.9 Å². The Hall–Kier alpha value is -1.43. The lowest BCUT2D eigenvalue weighted by molar-refractivity contribution is -0.127. The monoisotopic (exact) mass is 389 g/mol. The van der Waals surface area contributed by atoms with Gasteiger partial charge in [-0.1, -0.05) is 23.7 Å². The number of nitrogens with two attached hydrogens (primary N) is 1. The molecule has 0 spiro atoms. The fourth-order valence-corrected chi connectivity index (χ4v) is 5.65. The van der Waals surface area contributed by atoms with E-state index in [4.69, 9.17) is 22.3 Å². The van der Waals surface area contributed by atoms with Crippen molar-refractivity contribution < 1.29 is 4.79 Å². The predicted octanol–water partition coefficient (Wildman–Crippen LogP) is 4.32. The van der Waals surface area contributed by atoms with Crippen molar-refractivity contribution in [3.63, 3.8) is 0 Å². The van der Waals surface area contributed by atoms with Gasteiger partial charge in [0.1, 0.15) is 5.01 Å². The molecule has 0 saturated heterocycles. The van der Waals surface area contributed by atoms with Crippen molar-refractivity contribution in [2.45, 2.75) is 45.2 Å². The summed E-state index contributed by atoms with van der Waals surface area (Å²) in [7, 11) is 0. The van der Waals surface area contributed by atoms with E-state index in [2.05, 4.69) is 12.2 Å². The molecule has 138 valence electrons. The number of benzene rings is 1. The minimum Gasteiger partial charge on any atom is -0.347 e. The third-order valence-electron chi connectivity index (χ3n) is 5.94. The molecule has 4 rings (SSSR count). The smallest absolute Gasteiger partial charge is 0.225 e. The number of hydrogen-bond acceptors (Lipinski definition) is 4. The van der Waals surface area contributed by atoms with Crippen molar-refractivity contribution >= 4 is 28.8 Å². The number of carbonyl (C=O) groups excluding carboxylic acids is 1. The Kier molecular flexibility index (Phi) is 4.80. The number of nitrogens with one attached hydrogen (secondary N) is 1. The van der Waals surface area contributed by atoms with Crippen LogP contribution in [0, 0.1) is 24.7 Å². The number of aryl methyl sites for hydroxylation is 1. The van der Waals surface area contributed by atoms with Gasteiger partial charge in [-0.2, -0.15) is 0 Å². The number of fused-ring (bicyclic) bond motifs is 2. The van der Waals surface area contributed by atoms with E-state index < -0.39 is 0 Å². The van der Waals surface area contributed by atoms with Crippen LogP contribution in [-0.2, 0) is 4.79 Å². The molecule has 2 aromatic rings. The first-order valence-electron chi connectivity index (χ1n) is 9.23. The van der Waals surface area contributed by atoms with Crippen molar-refractivity contribution in [2.24, 2.45) is 23.5 Å². The van der Waals surface area contributed by atoms with E-state index in [9.17, 15) is 4.79 Å². The van der Waals surface area contributed by atoms with E-state index in [0.717, 1.165) is 34.0 Å². The highest BCUT2D eigenvalue weighted by molar-refractivity contribution is 7.12. The number of rotatable bonds is 4. The average Bonchev–Trinajstić information content (AvgIpc) is 3.30. The zero-order chi connectivity index (χ0) is 18.4. The second kappa shape index (κ2) is 6.95. The summed E-state index contributed by atoms with van der Waals surface area (Å²) in [6.07, 6.45) is 3.44. The summed E-state index contributed by atoms with van der Waals surface area (Å²) in [5.74, 6) is 1.06. The topological polar surface area (TPSA) is 68.0 Å². The average molecular weight is 390 g/mol. The molecule has 0 radical (unpaired) electrons. The van der Waals surface area contributed by atoms with Crippen LogP contribution in [0.2, 0.25) is 5.02 Å². The lowest BCUT2D eigenvalue weighted by atomic mass is 9.84. The molecule has 26 heavy (non-hydrogen) atoms. The van der Waals surface area contributed by atoms with Gasteiger partial charge in [0.05, 0.1) is 17.7 Å². The van der Waals surface area contributed by atoms with Crippen LogP contribution in [0.5, 0.6) is 0 Å². The molecule has 2 bridgehead atoms. The van der Waals surface area contributed by atoms with Crippen LogP contribution < -0.4 is 11.1 Å². The van der Waals surface area contributed by atoms with E-state index in [-0.39, 0.29) is 23.9 Å². The predicted molar refractivity (Wildman–Crippen MR) is 106 cm³/mol. The van der Waals surface area contributed by atoms with E-state index in [1.807, 2.05) is 31.2 Å². The Labute approximate surface area is 163 Å². The highest BCUT2D eigenvalue weighted by Gasteiger charge is 2.49. The first-order chi connectivity index (χ1) is 12.4. The van der Waals surface area contributed by atoms with E-state index >= 15 is 0 Å². The maximum absolute atomic E-state index is 12.8. The molecule has 1 heterocycles. The molecule has 1 aromatic heterocycles. The van der Waals surface area contributed by atoms with Crippen LogP contribution in [0.15, 0.2) is 24.3 Å². The Morgan fingerprint density at radius 3 is 2.65 bits per heavy atom. The number of thiazole rings is 1. The standard InChI is InChI=1S/C20H24ClN3OS/c1-10(23-19(25)16-13-3-4-14(9-13)17(16)22)20-24-18(11(2)26-20)12-5-7-15(21)8-6-12/h5-8,10,13-14,16-17H,3-4,9,22H2,1-2H3,(H,23,25). The number of amides is 1. The summed E-state index contributed by atoms with van der Waals surface area (Å²) in [6, 6.07) is 7.60. The molecule has 1 amide bonds. The molecule has 3 N–H and O–H groups in total.